The first-order chi connectivity index (χ1) is 26.0. The predicted octanol–water partition coefficient (Wildman–Crippen LogP) is 4.45. The van der Waals surface area contributed by atoms with Gasteiger partial charge in [0, 0.05) is 68.3 Å². The number of carboxylic acids is 2. The second kappa shape index (κ2) is 18.5. The molecule has 5 rings (SSSR count). The van der Waals surface area contributed by atoms with Crippen molar-refractivity contribution in [3.63, 3.8) is 0 Å². The molecule has 2 aliphatic rings. The van der Waals surface area contributed by atoms with Crippen LogP contribution in [0.2, 0.25) is 5.02 Å². The number of allylic oxidation sites excluding steroid dienone is 2. The van der Waals surface area contributed by atoms with Gasteiger partial charge in [-0.25, -0.2) is 4.79 Å². The fourth-order valence-electron chi connectivity index (χ4n) is 6.54. The number of aromatic nitrogens is 1. The van der Waals surface area contributed by atoms with Crippen molar-refractivity contribution in [3.05, 3.63) is 106 Å². The summed E-state index contributed by atoms with van der Waals surface area (Å²) >= 11 is 6.80. The van der Waals surface area contributed by atoms with Crippen LogP contribution in [0.25, 0.3) is 5.57 Å². The summed E-state index contributed by atoms with van der Waals surface area (Å²) in [4.78, 5) is 29.3. The van der Waals surface area contributed by atoms with Crippen LogP contribution in [-0.4, -0.2) is 98.9 Å². The molecule has 14 heteroatoms. The van der Waals surface area contributed by atoms with Gasteiger partial charge in [-0.15, -0.1) is 0 Å². The van der Waals surface area contributed by atoms with E-state index in [0.29, 0.717) is 60.9 Å². The molecule has 1 fully saturated rings. The number of piperidine rings is 1. The van der Waals surface area contributed by atoms with Gasteiger partial charge >= 0.3 is 11.9 Å². The van der Waals surface area contributed by atoms with Crippen LogP contribution in [0.3, 0.4) is 0 Å². The number of hydrogen-bond donors (Lipinski definition) is 5. The van der Waals surface area contributed by atoms with Gasteiger partial charge in [-0.2, -0.15) is 5.26 Å². The molecule has 1 aromatic heterocycles. The minimum Gasteiger partial charge on any atom is -0.489 e. The topological polar surface area (TPSA) is 195 Å². The molecule has 1 saturated heterocycles. The molecule has 0 spiro atoms. The van der Waals surface area contributed by atoms with E-state index in [0.717, 1.165) is 11.1 Å². The summed E-state index contributed by atoms with van der Waals surface area (Å²) in [6, 6.07) is 15.8. The van der Waals surface area contributed by atoms with Gasteiger partial charge < -0.3 is 39.5 Å². The molecule has 54 heavy (non-hydrogen) atoms. The molecule has 2 heterocycles. The molecule has 0 saturated carbocycles. The predicted molar refractivity (Wildman–Crippen MR) is 200 cm³/mol. The van der Waals surface area contributed by atoms with Gasteiger partial charge in [0.1, 0.15) is 42.4 Å². The smallest absolute Gasteiger partial charge is 0.335 e. The SMILES string of the molecule is C[C@@H]1C(c2ccccc2)=CC=CC1(COc1cc(OCc2cncc(C#N)c2)c(CNC(CO)C(=O)O)cc1Cl)OCCCN1CCC(O)(C(=O)O)CC1. The number of likely N-dealkylation sites (tertiary alicyclic amines) is 1. The second-order valence-electron chi connectivity index (χ2n) is 13.5. The number of ether oxygens (including phenoxy) is 3. The monoisotopic (exact) mass is 760 g/mol. The zero-order chi connectivity index (χ0) is 38.7. The molecule has 1 aliphatic carbocycles. The van der Waals surface area contributed by atoms with E-state index in [-0.39, 0.29) is 43.5 Å². The Morgan fingerprint density at radius 2 is 1.87 bits per heavy atom. The number of aliphatic hydroxyl groups excluding tert-OH is 1. The third kappa shape index (κ3) is 10.0. The molecule has 5 N–H and O–H groups in total. The lowest BCUT2D eigenvalue weighted by Gasteiger charge is -2.40. The Labute approximate surface area is 319 Å². The van der Waals surface area contributed by atoms with Crippen molar-refractivity contribution in [2.75, 3.05) is 39.5 Å². The van der Waals surface area contributed by atoms with E-state index in [1.807, 2.05) is 42.5 Å². The highest BCUT2D eigenvalue weighted by molar-refractivity contribution is 6.32. The molecule has 286 valence electrons. The Morgan fingerprint density at radius 3 is 2.56 bits per heavy atom. The molecule has 1 aliphatic heterocycles. The number of carbonyl (C=O) groups is 2. The van der Waals surface area contributed by atoms with Crippen LogP contribution in [0, 0.1) is 17.2 Å². The summed E-state index contributed by atoms with van der Waals surface area (Å²) in [5, 5.41) is 51.1. The zero-order valence-electron chi connectivity index (χ0n) is 30.0. The Bertz CT molecular complexity index is 1870. The van der Waals surface area contributed by atoms with Crippen LogP contribution in [0.4, 0.5) is 0 Å². The number of pyridine rings is 1. The number of benzene rings is 2. The number of nitrogens with zero attached hydrogens (tertiary/aromatic N) is 3. The van der Waals surface area contributed by atoms with E-state index >= 15 is 0 Å². The minimum absolute atomic E-state index is 0.00795. The summed E-state index contributed by atoms with van der Waals surface area (Å²) in [6.07, 6.45) is 10.0. The Kier molecular flexibility index (Phi) is 13.8. The highest BCUT2D eigenvalue weighted by atomic mass is 35.5. The third-order valence-electron chi connectivity index (χ3n) is 9.94. The molecule has 3 atom stereocenters. The Hall–Kier alpha value is -4.81. The van der Waals surface area contributed by atoms with Gasteiger partial charge in [-0.1, -0.05) is 61.0 Å². The van der Waals surface area contributed by atoms with Gasteiger partial charge in [0.15, 0.2) is 5.60 Å². The van der Waals surface area contributed by atoms with Gasteiger partial charge in [0.2, 0.25) is 0 Å². The summed E-state index contributed by atoms with van der Waals surface area (Å²) in [6.45, 7) is 3.57. The number of carboxylic acid groups (broad SMARTS) is 2. The highest BCUT2D eigenvalue weighted by Gasteiger charge is 2.41. The second-order valence-corrected chi connectivity index (χ2v) is 13.9. The zero-order valence-corrected chi connectivity index (χ0v) is 30.7. The summed E-state index contributed by atoms with van der Waals surface area (Å²) < 4.78 is 19.4. The molecular formula is C40H45ClN4O9. The Balaban J connectivity index is 1.36. The summed E-state index contributed by atoms with van der Waals surface area (Å²) in [5.74, 6) is -1.91. The van der Waals surface area contributed by atoms with Gasteiger partial charge in [-0.05, 0) is 48.6 Å². The normalized spacial score (nSPS) is 20.1. The van der Waals surface area contributed by atoms with Crippen LogP contribution >= 0.6 is 11.6 Å². The number of nitrogens with one attached hydrogen (secondary N) is 1. The average molecular weight is 761 g/mol. The lowest BCUT2D eigenvalue weighted by Crippen LogP contribution is -2.49. The minimum atomic E-state index is -1.68. The maximum absolute atomic E-state index is 11.6. The van der Waals surface area contributed by atoms with E-state index in [2.05, 4.69) is 34.3 Å². The Morgan fingerprint density at radius 1 is 1.11 bits per heavy atom. The highest BCUT2D eigenvalue weighted by Crippen LogP contribution is 2.41. The van der Waals surface area contributed by atoms with E-state index in [1.54, 1.807) is 24.4 Å². The van der Waals surface area contributed by atoms with Crippen LogP contribution in [0.1, 0.15) is 48.4 Å². The lowest BCUT2D eigenvalue weighted by molar-refractivity contribution is -0.163. The van der Waals surface area contributed by atoms with Crippen LogP contribution in [-0.2, 0) is 27.5 Å². The van der Waals surface area contributed by atoms with Crippen molar-refractivity contribution in [1.29, 1.82) is 5.26 Å². The number of halogens is 1. The average Bonchev–Trinajstić information content (AvgIpc) is 3.17. The number of nitriles is 1. The molecule has 13 nitrogen and oxygen atoms in total. The molecule has 0 radical (unpaired) electrons. The number of hydrogen-bond acceptors (Lipinski definition) is 11. The molecular weight excluding hydrogens is 716 g/mol. The number of aliphatic hydroxyl groups is 2. The lowest BCUT2D eigenvalue weighted by atomic mass is 9.77. The molecule has 0 amide bonds. The van der Waals surface area contributed by atoms with Crippen molar-refractivity contribution >= 4 is 29.1 Å². The number of aliphatic carboxylic acids is 2. The van der Waals surface area contributed by atoms with Crippen LogP contribution < -0.4 is 14.8 Å². The maximum atomic E-state index is 11.6. The third-order valence-corrected chi connectivity index (χ3v) is 10.2. The van der Waals surface area contributed by atoms with Crippen molar-refractivity contribution in [1.82, 2.24) is 15.2 Å². The van der Waals surface area contributed by atoms with E-state index in [4.69, 9.17) is 25.8 Å². The number of rotatable bonds is 18. The van der Waals surface area contributed by atoms with Gasteiger partial charge in [-0.3, -0.25) is 15.1 Å². The first kappa shape index (κ1) is 40.4. The van der Waals surface area contributed by atoms with Gasteiger partial charge in [0.25, 0.3) is 0 Å². The molecule has 2 unspecified atom stereocenters. The summed E-state index contributed by atoms with van der Waals surface area (Å²) in [5.41, 5.74) is 1.03. The summed E-state index contributed by atoms with van der Waals surface area (Å²) in [7, 11) is 0. The fraction of sp³-hybridized carbons (Fsp3) is 0.400. The van der Waals surface area contributed by atoms with E-state index in [1.165, 1.54) is 6.20 Å². The largest absolute Gasteiger partial charge is 0.489 e. The fourth-order valence-corrected chi connectivity index (χ4v) is 6.78. The first-order valence-electron chi connectivity index (χ1n) is 17.7. The van der Waals surface area contributed by atoms with Crippen LogP contribution in [0.5, 0.6) is 11.5 Å². The first-order valence-corrected chi connectivity index (χ1v) is 18.1. The van der Waals surface area contributed by atoms with Crippen molar-refractivity contribution in [2.45, 2.75) is 56.6 Å². The molecule has 2 aromatic carbocycles. The van der Waals surface area contributed by atoms with Gasteiger partial charge in [0.05, 0.1) is 17.2 Å². The van der Waals surface area contributed by atoms with Crippen molar-refractivity contribution < 1.29 is 44.2 Å². The van der Waals surface area contributed by atoms with E-state index in [9.17, 15) is 35.3 Å². The standard InChI is InChI=1S/C40H45ClN4O9/c1-27-32(30-7-3-2-4-8-30)9-5-10-40(27,54-16-6-13-45-14-11-39(51,12-15-45)38(49)50)26-53-36-19-35(52-25-29-17-28(20-42)21-43-22-29)31(18-33(36)41)23-44-34(24-46)37(47)48/h2-5,7-10,17-19,21-22,27,34,44,46,51H,6,11-16,23-26H2,1H3,(H,47,48)(H,49,50)/t27-,34?,40?/m1/s1. The molecule has 0 bridgehead atoms. The van der Waals surface area contributed by atoms with E-state index < -0.39 is 35.8 Å². The maximum Gasteiger partial charge on any atom is 0.335 e. The molecule has 3 aromatic rings. The quantitative estimate of drug-likeness (QED) is 0.114. The van der Waals surface area contributed by atoms with Crippen molar-refractivity contribution in [3.8, 4) is 17.6 Å². The van der Waals surface area contributed by atoms with Crippen molar-refractivity contribution in [2.24, 2.45) is 5.92 Å². The van der Waals surface area contributed by atoms with Crippen LogP contribution in [0.15, 0.2) is 79.2 Å².